The summed E-state index contributed by atoms with van der Waals surface area (Å²) in [5.41, 5.74) is 8.32. The Morgan fingerprint density at radius 3 is 2.54 bits per heavy atom. The fourth-order valence-corrected chi connectivity index (χ4v) is 5.76. The van der Waals surface area contributed by atoms with E-state index in [1.165, 1.54) is 0 Å². The minimum atomic E-state index is -0.386. The average Bonchev–Trinajstić information content (AvgIpc) is 2.88. The van der Waals surface area contributed by atoms with Crippen LogP contribution in [0, 0.1) is 0 Å². The molecule has 1 aliphatic carbocycles. The third-order valence-corrected chi connectivity index (χ3v) is 7.83. The maximum atomic E-state index is 11.9. The summed E-state index contributed by atoms with van der Waals surface area (Å²) < 4.78 is 5.54. The summed E-state index contributed by atoms with van der Waals surface area (Å²) in [6.07, 6.45) is 4.64. The van der Waals surface area contributed by atoms with Gasteiger partial charge < -0.3 is 26.0 Å². The zero-order chi connectivity index (χ0) is 26.4. The monoisotopic (exact) mass is 545 g/mol. The van der Waals surface area contributed by atoms with Crippen LogP contribution in [0.25, 0.3) is 0 Å². The number of aliphatic imine (C=N–C) groups is 1. The largest absolute Gasteiger partial charge is 0.381 e. The van der Waals surface area contributed by atoms with Crippen molar-refractivity contribution in [2.24, 2.45) is 10.7 Å². The van der Waals surface area contributed by atoms with Crippen LogP contribution in [0.2, 0.25) is 10.0 Å². The third-order valence-electron chi connectivity index (χ3n) is 7.26. The van der Waals surface area contributed by atoms with E-state index < -0.39 is 0 Å². The first-order valence-corrected chi connectivity index (χ1v) is 13.8. The number of halogens is 2. The quantitative estimate of drug-likeness (QED) is 0.335. The Morgan fingerprint density at radius 2 is 1.92 bits per heavy atom. The first kappa shape index (κ1) is 27.7. The van der Waals surface area contributed by atoms with Crippen LogP contribution in [-0.4, -0.2) is 61.7 Å². The lowest BCUT2D eigenvalue weighted by atomic mass is 9.88. The van der Waals surface area contributed by atoms with Crippen molar-refractivity contribution in [2.75, 3.05) is 32.1 Å². The van der Waals surface area contributed by atoms with Crippen molar-refractivity contribution in [2.45, 2.75) is 63.1 Å². The summed E-state index contributed by atoms with van der Waals surface area (Å²) in [5.74, 6) is 0.273. The summed E-state index contributed by atoms with van der Waals surface area (Å²) in [5, 5.41) is 8.17. The Bertz CT molecular complexity index is 1090. The molecule has 1 unspecified atom stereocenters. The van der Waals surface area contributed by atoms with Gasteiger partial charge in [0.05, 0.1) is 12.1 Å². The molecule has 2 aromatic rings. The van der Waals surface area contributed by atoms with Gasteiger partial charge >= 0.3 is 0 Å². The number of amides is 1. The lowest BCUT2D eigenvalue weighted by molar-refractivity contribution is -0.118. The molecule has 200 valence electrons. The number of nitrogens with zero attached hydrogens (tertiary/aromatic N) is 2. The number of carbonyl (C=O) groups is 1. The molecule has 2 fully saturated rings. The first-order valence-electron chi connectivity index (χ1n) is 13.0. The molecule has 1 saturated carbocycles. The maximum Gasteiger partial charge on any atom is 0.218 e. The van der Waals surface area contributed by atoms with Gasteiger partial charge in [-0.2, -0.15) is 0 Å². The van der Waals surface area contributed by atoms with Crippen LogP contribution in [-0.2, 0) is 9.53 Å². The Hall–Kier alpha value is -2.32. The summed E-state index contributed by atoms with van der Waals surface area (Å²) in [4.78, 5) is 19.4. The number of nitrogens with two attached hydrogens (primary N) is 1. The van der Waals surface area contributed by atoms with Gasteiger partial charge in [0.1, 0.15) is 0 Å². The molecule has 4 N–H and O–H groups in total. The first-order chi connectivity index (χ1) is 17.8. The van der Waals surface area contributed by atoms with Crippen molar-refractivity contribution in [1.29, 1.82) is 0 Å². The fourth-order valence-electron chi connectivity index (χ4n) is 5.22. The Labute approximate surface area is 229 Å². The van der Waals surface area contributed by atoms with Crippen molar-refractivity contribution < 1.29 is 9.53 Å². The van der Waals surface area contributed by atoms with E-state index in [1.54, 1.807) is 19.2 Å². The molecular weight excluding hydrogens is 509 g/mol. The number of ether oxygens (including phenoxy) is 1. The van der Waals surface area contributed by atoms with Crippen LogP contribution < -0.4 is 16.4 Å². The zero-order valence-electron chi connectivity index (χ0n) is 21.6. The molecule has 2 atom stereocenters. The highest BCUT2D eigenvalue weighted by Crippen LogP contribution is 2.35. The van der Waals surface area contributed by atoms with Gasteiger partial charge in [-0.25, -0.2) is 4.99 Å². The van der Waals surface area contributed by atoms with Gasteiger partial charge in [0, 0.05) is 60.9 Å². The Morgan fingerprint density at radius 1 is 1.19 bits per heavy atom. The SMILES string of the molecule is COC1CCC(/N=C(\Nc2ccc(C(CC(N)=O)c3ccc(Cl)cc3Cl)cc2)N2CCN[C@@H](C)C2)CC1. The number of methoxy groups -OCH3 is 1. The van der Waals surface area contributed by atoms with Crippen LogP contribution >= 0.6 is 23.2 Å². The molecule has 1 amide bonds. The number of anilines is 1. The van der Waals surface area contributed by atoms with Crippen molar-refractivity contribution >= 4 is 40.8 Å². The maximum absolute atomic E-state index is 11.9. The highest BCUT2D eigenvalue weighted by atomic mass is 35.5. The molecule has 9 heteroatoms. The van der Waals surface area contributed by atoms with Crippen molar-refractivity contribution in [3.05, 3.63) is 63.6 Å². The zero-order valence-corrected chi connectivity index (χ0v) is 23.1. The van der Waals surface area contributed by atoms with E-state index in [-0.39, 0.29) is 24.3 Å². The van der Waals surface area contributed by atoms with Crippen molar-refractivity contribution in [3.8, 4) is 0 Å². The van der Waals surface area contributed by atoms with Crippen molar-refractivity contribution in [1.82, 2.24) is 10.2 Å². The molecule has 0 radical (unpaired) electrons. The van der Waals surface area contributed by atoms with E-state index in [1.807, 2.05) is 30.3 Å². The molecule has 7 nitrogen and oxygen atoms in total. The molecule has 0 aromatic heterocycles. The minimum Gasteiger partial charge on any atom is -0.381 e. The van der Waals surface area contributed by atoms with Gasteiger partial charge in [-0.3, -0.25) is 4.79 Å². The standard InChI is InChI=1S/C28H37Cl2N5O2/c1-18-17-35(14-13-32-18)28(34-22-8-10-23(37-2)11-9-22)33-21-6-3-19(4-7-21)25(16-27(31)36)24-12-5-20(29)15-26(24)30/h3-7,12,15,18,22-23,25,32H,8-11,13-14,16-17H2,1-2H3,(H2,31,36)(H,33,34)/t18-,22?,23?,25?/m0/s1. The Kier molecular flexibility index (Phi) is 9.71. The number of hydrogen-bond acceptors (Lipinski definition) is 4. The third kappa shape index (κ3) is 7.60. The topological polar surface area (TPSA) is 92.0 Å². The predicted molar refractivity (Wildman–Crippen MR) is 152 cm³/mol. The van der Waals surface area contributed by atoms with Crippen LogP contribution in [0.4, 0.5) is 5.69 Å². The molecule has 2 aromatic carbocycles. The number of primary amides is 1. The van der Waals surface area contributed by atoms with Crippen LogP contribution in [0.1, 0.15) is 56.1 Å². The lowest BCUT2D eigenvalue weighted by Crippen LogP contribution is -2.53. The molecule has 1 aliphatic heterocycles. The summed E-state index contributed by atoms with van der Waals surface area (Å²) >= 11 is 12.6. The summed E-state index contributed by atoms with van der Waals surface area (Å²) in [7, 11) is 1.79. The Balaban J connectivity index is 1.55. The van der Waals surface area contributed by atoms with Gasteiger partial charge in [0.25, 0.3) is 0 Å². The molecule has 0 spiro atoms. The summed E-state index contributed by atoms with van der Waals surface area (Å²) in [6.45, 7) is 4.92. The molecule has 1 heterocycles. The second-order valence-electron chi connectivity index (χ2n) is 10.1. The van der Waals surface area contributed by atoms with E-state index in [2.05, 4.69) is 22.5 Å². The van der Waals surface area contributed by atoms with Gasteiger partial charge in [0.2, 0.25) is 5.91 Å². The van der Waals surface area contributed by atoms with E-state index in [0.717, 1.165) is 68.1 Å². The highest BCUT2D eigenvalue weighted by molar-refractivity contribution is 6.35. The number of nitrogens with one attached hydrogen (secondary N) is 2. The number of benzene rings is 2. The van der Waals surface area contributed by atoms with Gasteiger partial charge in [-0.05, 0) is 68.0 Å². The molecule has 0 bridgehead atoms. The number of rotatable bonds is 7. The number of hydrogen-bond donors (Lipinski definition) is 3. The minimum absolute atomic E-state index is 0.156. The fraction of sp³-hybridized carbons (Fsp3) is 0.500. The lowest BCUT2D eigenvalue weighted by Gasteiger charge is -2.35. The smallest absolute Gasteiger partial charge is 0.218 e. The van der Waals surface area contributed by atoms with Crippen LogP contribution in [0.15, 0.2) is 47.5 Å². The molecule has 4 rings (SSSR count). The number of guanidine groups is 1. The summed E-state index contributed by atoms with van der Waals surface area (Å²) in [6, 6.07) is 14.1. The number of carbonyl (C=O) groups excluding carboxylic acids is 1. The predicted octanol–water partition coefficient (Wildman–Crippen LogP) is 5.02. The van der Waals surface area contributed by atoms with E-state index in [0.29, 0.717) is 22.2 Å². The molecule has 2 aliphatic rings. The van der Waals surface area contributed by atoms with Crippen molar-refractivity contribution in [3.63, 3.8) is 0 Å². The van der Waals surface area contributed by atoms with E-state index in [9.17, 15) is 4.79 Å². The van der Waals surface area contributed by atoms with E-state index in [4.69, 9.17) is 38.7 Å². The number of piperazine rings is 1. The molecule has 1 saturated heterocycles. The van der Waals surface area contributed by atoms with Gasteiger partial charge in [-0.15, -0.1) is 0 Å². The van der Waals surface area contributed by atoms with Gasteiger partial charge in [-0.1, -0.05) is 41.4 Å². The molecular formula is C28H37Cl2N5O2. The second kappa shape index (κ2) is 13.0. The highest BCUT2D eigenvalue weighted by Gasteiger charge is 2.25. The second-order valence-corrected chi connectivity index (χ2v) is 10.9. The average molecular weight is 547 g/mol. The molecule has 37 heavy (non-hydrogen) atoms. The van der Waals surface area contributed by atoms with Crippen LogP contribution in [0.3, 0.4) is 0 Å². The van der Waals surface area contributed by atoms with E-state index >= 15 is 0 Å². The van der Waals surface area contributed by atoms with Gasteiger partial charge in [0.15, 0.2) is 5.96 Å². The van der Waals surface area contributed by atoms with Crippen LogP contribution in [0.5, 0.6) is 0 Å². The normalized spacial score (nSPS) is 23.5.